The maximum Gasteiger partial charge on any atom is 0.250 e. The molecule has 0 radical (unpaired) electrons. The lowest BCUT2D eigenvalue weighted by Crippen LogP contribution is -2.29. The molecule has 0 aliphatic heterocycles. The predicted octanol–water partition coefficient (Wildman–Crippen LogP) is 3.15. The molecule has 1 heterocycles. The maximum absolute atomic E-state index is 12.4. The number of hydrogen-bond donors (Lipinski definition) is 0. The van der Waals surface area contributed by atoms with E-state index in [1.54, 1.807) is 4.90 Å². The molecular formula is C18H23N3O2. The van der Waals surface area contributed by atoms with E-state index in [1.165, 1.54) is 6.08 Å². The molecule has 2 rings (SSSR count). The quantitative estimate of drug-likeness (QED) is 0.770. The van der Waals surface area contributed by atoms with Gasteiger partial charge in [-0.15, -0.1) is 0 Å². The minimum absolute atomic E-state index is 0.167. The highest BCUT2D eigenvalue weighted by Crippen LogP contribution is 2.30. The molecular weight excluding hydrogens is 290 g/mol. The van der Waals surface area contributed by atoms with E-state index in [0.717, 1.165) is 22.6 Å². The Morgan fingerprint density at radius 3 is 2.65 bits per heavy atom. The Hall–Kier alpha value is -2.56. The molecule has 0 unspecified atom stereocenters. The number of amides is 1. The van der Waals surface area contributed by atoms with Crippen LogP contribution < -0.4 is 9.64 Å². The normalized spacial score (nSPS) is 10.4. The number of nitrogens with zero attached hydrogens (tertiary/aromatic N) is 3. The molecule has 122 valence electrons. The molecule has 0 bridgehead atoms. The van der Waals surface area contributed by atoms with E-state index in [4.69, 9.17) is 4.74 Å². The highest BCUT2D eigenvalue weighted by Gasteiger charge is 2.21. The van der Waals surface area contributed by atoms with Gasteiger partial charge in [0.25, 0.3) is 5.91 Å². The summed E-state index contributed by atoms with van der Waals surface area (Å²) in [6.45, 7) is 10.5. The van der Waals surface area contributed by atoms with Gasteiger partial charge in [0.1, 0.15) is 5.75 Å². The van der Waals surface area contributed by atoms with E-state index in [-0.39, 0.29) is 5.91 Å². The Morgan fingerprint density at radius 1 is 1.39 bits per heavy atom. The van der Waals surface area contributed by atoms with E-state index < -0.39 is 0 Å². The fourth-order valence-corrected chi connectivity index (χ4v) is 2.55. The number of hydrogen-bond acceptors (Lipinski definition) is 3. The van der Waals surface area contributed by atoms with Crippen LogP contribution in [0.25, 0.3) is 0 Å². The number of para-hydroxylation sites is 2. The zero-order valence-corrected chi connectivity index (χ0v) is 14.2. The first-order valence-corrected chi connectivity index (χ1v) is 7.64. The van der Waals surface area contributed by atoms with Crippen molar-refractivity contribution >= 4 is 11.6 Å². The summed E-state index contributed by atoms with van der Waals surface area (Å²) in [6, 6.07) is 7.54. The smallest absolute Gasteiger partial charge is 0.250 e. The van der Waals surface area contributed by atoms with E-state index in [1.807, 2.05) is 56.8 Å². The number of ether oxygens (including phenoxy) is 1. The molecule has 1 aromatic heterocycles. The van der Waals surface area contributed by atoms with E-state index in [9.17, 15) is 4.79 Å². The van der Waals surface area contributed by atoms with Crippen molar-refractivity contribution in [1.29, 1.82) is 0 Å². The van der Waals surface area contributed by atoms with Gasteiger partial charge in [-0.2, -0.15) is 5.10 Å². The first-order valence-electron chi connectivity index (χ1n) is 7.64. The number of carbonyl (C=O) groups is 1. The number of aryl methyl sites for hydroxylation is 2. The molecule has 2 aromatic rings. The minimum atomic E-state index is -0.167. The van der Waals surface area contributed by atoms with Gasteiger partial charge < -0.3 is 9.64 Å². The van der Waals surface area contributed by atoms with Gasteiger partial charge in [-0.25, -0.2) is 0 Å². The van der Waals surface area contributed by atoms with Crippen molar-refractivity contribution in [2.45, 2.75) is 27.3 Å². The Bertz CT molecular complexity index is 719. The topological polar surface area (TPSA) is 47.4 Å². The Morgan fingerprint density at radius 2 is 2.09 bits per heavy atom. The van der Waals surface area contributed by atoms with Crippen LogP contribution in [0.15, 0.2) is 36.9 Å². The summed E-state index contributed by atoms with van der Waals surface area (Å²) in [5.41, 5.74) is 3.73. The predicted molar refractivity (Wildman–Crippen MR) is 91.7 cm³/mol. The van der Waals surface area contributed by atoms with Crippen LogP contribution in [-0.2, 0) is 18.4 Å². The zero-order valence-electron chi connectivity index (χ0n) is 14.2. The number of rotatable bonds is 6. The van der Waals surface area contributed by atoms with Crippen molar-refractivity contribution in [3.05, 3.63) is 53.9 Å². The Labute approximate surface area is 137 Å². The summed E-state index contributed by atoms with van der Waals surface area (Å²) >= 11 is 0. The molecule has 0 atom stereocenters. The molecule has 5 heteroatoms. The molecule has 0 aliphatic carbocycles. The van der Waals surface area contributed by atoms with Crippen LogP contribution in [0.4, 0.5) is 5.69 Å². The first-order chi connectivity index (χ1) is 11.0. The lowest BCUT2D eigenvalue weighted by molar-refractivity contribution is -0.114. The van der Waals surface area contributed by atoms with Gasteiger partial charge in [-0.1, -0.05) is 18.7 Å². The molecule has 0 spiro atoms. The number of carbonyl (C=O) groups excluding carboxylic acids is 1. The molecule has 0 N–H and O–H groups in total. The second-order valence-electron chi connectivity index (χ2n) is 5.30. The summed E-state index contributed by atoms with van der Waals surface area (Å²) in [7, 11) is 1.90. The Kier molecular flexibility index (Phi) is 5.21. The third-order valence-corrected chi connectivity index (χ3v) is 3.87. The monoisotopic (exact) mass is 313 g/mol. The molecule has 23 heavy (non-hydrogen) atoms. The van der Waals surface area contributed by atoms with E-state index in [0.29, 0.717) is 18.9 Å². The number of aromatic nitrogens is 2. The van der Waals surface area contributed by atoms with Crippen molar-refractivity contribution < 1.29 is 9.53 Å². The van der Waals surface area contributed by atoms with Gasteiger partial charge in [0.15, 0.2) is 0 Å². The molecule has 0 saturated heterocycles. The Balaban J connectivity index is 2.46. The third kappa shape index (κ3) is 3.44. The van der Waals surface area contributed by atoms with Gasteiger partial charge in [-0.3, -0.25) is 9.48 Å². The number of benzene rings is 1. The fourth-order valence-electron chi connectivity index (χ4n) is 2.55. The average molecular weight is 313 g/mol. The van der Waals surface area contributed by atoms with Crippen LogP contribution in [0.5, 0.6) is 5.75 Å². The first kappa shape index (κ1) is 16.8. The molecule has 1 aromatic carbocycles. The van der Waals surface area contributed by atoms with Crippen LogP contribution >= 0.6 is 0 Å². The van der Waals surface area contributed by atoms with Crippen LogP contribution in [-0.4, -0.2) is 22.3 Å². The van der Waals surface area contributed by atoms with E-state index in [2.05, 4.69) is 11.7 Å². The fraction of sp³-hybridized carbons (Fsp3) is 0.333. The second-order valence-corrected chi connectivity index (χ2v) is 5.30. The van der Waals surface area contributed by atoms with Crippen molar-refractivity contribution in [1.82, 2.24) is 9.78 Å². The van der Waals surface area contributed by atoms with Crippen LogP contribution in [0, 0.1) is 13.8 Å². The molecule has 0 saturated carbocycles. The summed E-state index contributed by atoms with van der Waals surface area (Å²) < 4.78 is 7.50. The van der Waals surface area contributed by atoms with Gasteiger partial charge in [-0.05, 0) is 39.0 Å². The molecule has 5 nitrogen and oxygen atoms in total. The lowest BCUT2D eigenvalue weighted by atomic mass is 10.1. The largest absolute Gasteiger partial charge is 0.492 e. The summed E-state index contributed by atoms with van der Waals surface area (Å²) in [5.74, 6) is 0.518. The molecule has 0 aliphatic rings. The summed E-state index contributed by atoms with van der Waals surface area (Å²) in [6.07, 6.45) is 1.32. The molecule has 0 fully saturated rings. The van der Waals surface area contributed by atoms with Crippen LogP contribution in [0.1, 0.15) is 23.9 Å². The minimum Gasteiger partial charge on any atom is -0.492 e. The third-order valence-electron chi connectivity index (χ3n) is 3.87. The second kappa shape index (κ2) is 7.13. The maximum atomic E-state index is 12.4. The van der Waals surface area contributed by atoms with Crippen LogP contribution in [0.3, 0.4) is 0 Å². The highest BCUT2D eigenvalue weighted by molar-refractivity contribution is 6.02. The van der Waals surface area contributed by atoms with Gasteiger partial charge in [0.2, 0.25) is 0 Å². The van der Waals surface area contributed by atoms with Gasteiger partial charge in [0.05, 0.1) is 24.5 Å². The average Bonchev–Trinajstić information content (AvgIpc) is 2.78. The summed E-state index contributed by atoms with van der Waals surface area (Å²) in [4.78, 5) is 14.1. The van der Waals surface area contributed by atoms with Gasteiger partial charge >= 0.3 is 0 Å². The summed E-state index contributed by atoms with van der Waals surface area (Å²) in [5, 5.41) is 4.42. The van der Waals surface area contributed by atoms with Crippen LogP contribution in [0.2, 0.25) is 0 Å². The van der Waals surface area contributed by atoms with Gasteiger partial charge in [0, 0.05) is 18.3 Å². The van der Waals surface area contributed by atoms with E-state index >= 15 is 0 Å². The van der Waals surface area contributed by atoms with Crippen molar-refractivity contribution in [2.75, 3.05) is 11.5 Å². The standard InChI is InChI=1S/C18H23N3O2/c1-6-18(22)21(12-15-13(3)19-20(5)14(15)4)16-10-8-9-11-17(16)23-7-2/h6,8-11H,1,7,12H2,2-5H3. The molecule has 1 amide bonds. The SMILES string of the molecule is C=CC(=O)N(Cc1c(C)nn(C)c1C)c1ccccc1OCC. The highest BCUT2D eigenvalue weighted by atomic mass is 16.5. The van der Waals surface area contributed by atoms with Crippen molar-refractivity contribution in [3.8, 4) is 5.75 Å². The lowest BCUT2D eigenvalue weighted by Gasteiger charge is -2.24. The van der Waals surface area contributed by atoms with Crippen molar-refractivity contribution in [3.63, 3.8) is 0 Å². The number of anilines is 1. The van der Waals surface area contributed by atoms with Crippen molar-refractivity contribution in [2.24, 2.45) is 7.05 Å². The zero-order chi connectivity index (χ0) is 17.0.